The minimum absolute atomic E-state index is 0.108. The molecule has 3 rings (SSSR count). The van der Waals surface area contributed by atoms with Crippen LogP contribution in [0.1, 0.15) is 36.3 Å². The van der Waals surface area contributed by atoms with Crippen LogP contribution in [0.4, 0.5) is 0 Å². The summed E-state index contributed by atoms with van der Waals surface area (Å²) in [4.78, 5) is 13.0. The molecule has 0 aliphatic rings. The Labute approximate surface area is 166 Å². The molecule has 0 unspecified atom stereocenters. The molecule has 0 aliphatic carbocycles. The number of hydrogen-bond acceptors (Lipinski definition) is 3. The second kappa shape index (κ2) is 9.33. The molecule has 1 heterocycles. The lowest BCUT2D eigenvalue weighted by atomic mass is 10.1. The Morgan fingerprint density at radius 1 is 1.07 bits per heavy atom. The average Bonchev–Trinajstić information content (AvgIpc) is 3.06. The molecule has 0 saturated heterocycles. The highest BCUT2D eigenvalue weighted by atomic mass is 16.5. The number of hydrogen-bond donors (Lipinski definition) is 1. The molecule has 28 heavy (non-hydrogen) atoms. The summed E-state index contributed by atoms with van der Waals surface area (Å²) in [6, 6.07) is 19.7. The summed E-state index contributed by atoms with van der Waals surface area (Å²) in [5.74, 6) is -0.108. The zero-order valence-corrected chi connectivity index (χ0v) is 16.7. The van der Waals surface area contributed by atoms with E-state index in [0.717, 1.165) is 23.4 Å². The van der Waals surface area contributed by atoms with Crippen LogP contribution in [0.3, 0.4) is 0 Å². The molecular weight excluding hydrogens is 350 g/mol. The van der Waals surface area contributed by atoms with Crippen LogP contribution < -0.4 is 5.32 Å². The molecule has 5 heteroatoms. The topological polar surface area (TPSA) is 56.1 Å². The van der Waals surface area contributed by atoms with Crippen molar-refractivity contribution in [2.45, 2.75) is 33.3 Å². The fraction of sp³-hybridized carbons (Fsp3) is 0.304. The Hall–Kier alpha value is -2.92. The van der Waals surface area contributed by atoms with E-state index in [1.165, 1.54) is 0 Å². The Morgan fingerprint density at radius 3 is 2.36 bits per heavy atom. The summed E-state index contributed by atoms with van der Waals surface area (Å²) in [6.45, 7) is 7.14. The number of aromatic nitrogens is 2. The number of nitrogens with one attached hydrogen (secondary N) is 1. The van der Waals surface area contributed by atoms with E-state index in [2.05, 4.69) is 5.32 Å². The third-order valence-electron chi connectivity index (χ3n) is 4.45. The third kappa shape index (κ3) is 4.67. The van der Waals surface area contributed by atoms with Crippen LogP contribution in [0.15, 0.2) is 60.7 Å². The van der Waals surface area contributed by atoms with E-state index in [1.807, 2.05) is 86.1 Å². The molecule has 0 bridgehead atoms. The molecule has 1 N–H and O–H groups in total. The lowest BCUT2D eigenvalue weighted by Gasteiger charge is -2.09. The van der Waals surface area contributed by atoms with Crippen molar-refractivity contribution in [1.29, 1.82) is 0 Å². The monoisotopic (exact) mass is 377 g/mol. The van der Waals surface area contributed by atoms with Gasteiger partial charge in [0.1, 0.15) is 5.69 Å². The standard InChI is InChI=1S/C23H27N3O2/c1-17(2)28-16-10-15-24-23(27)21-18(3)26(20-13-8-5-9-14-20)25-22(21)19-11-6-4-7-12-19/h4-9,11-14,17H,10,15-16H2,1-3H3,(H,24,27). The quantitative estimate of drug-likeness (QED) is 0.592. The Bertz CT molecular complexity index is 902. The molecule has 1 aromatic heterocycles. The van der Waals surface area contributed by atoms with Crippen LogP contribution >= 0.6 is 0 Å². The van der Waals surface area contributed by atoms with Crippen molar-refractivity contribution in [2.75, 3.05) is 13.2 Å². The number of ether oxygens (including phenoxy) is 1. The largest absolute Gasteiger partial charge is 0.379 e. The summed E-state index contributed by atoms with van der Waals surface area (Å²) in [6.07, 6.45) is 0.975. The zero-order chi connectivity index (χ0) is 19.9. The van der Waals surface area contributed by atoms with Gasteiger partial charge < -0.3 is 10.1 Å². The first kappa shape index (κ1) is 19.8. The number of amides is 1. The first-order chi connectivity index (χ1) is 13.6. The molecule has 0 atom stereocenters. The average molecular weight is 377 g/mol. The molecular formula is C23H27N3O2. The molecule has 0 saturated carbocycles. The molecule has 0 radical (unpaired) electrons. The van der Waals surface area contributed by atoms with Crippen molar-refractivity contribution in [1.82, 2.24) is 15.1 Å². The van der Waals surface area contributed by atoms with Gasteiger partial charge in [-0.1, -0.05) is 48.5 Å². The number of rotatable bonds is 8. The molecule has 1 amide bonds. The van der Waals surface area contributed by atoms with Crippen molar-refractivity contribution < 1.29 is 9.53 Å². The molecule has 3 aromatic rings. The summed E-state index contributed by atoms with van der Waals surface area (Å²) < 4.78 is 7.37. The fourth-order valence-electron chi connectivity index (χ4n) is 3.07. The highest BCUT2D eigenvalue weighted by molar-refractivity contribution is 6.01. The van der Waals surface area contributed by atoms with E-state index in [9.17, 15) is 4.79 Å². The second-order valence-electron chi connectivity index (χ2n) is 6.95. The highest BCUT2D eigenvalue weighted by Crippen LogP contribution is 2.27. The van der Waals surface area contributed by atoms with Crippen LogP contribution in [0.5, 0.6) is 0 Å². The van der Waals surface area contributed by atoms with Gasteiger partial charge in [0.15, 0.2) is 0 Å². The summed E-state index contributed by atoms with van der Waals surface area (Å²) in [7, 11) is 0. The van der Waals surface area contributed by atoms with Gasteiger partial charge in [0, 0.05) is 18.7 Å². The normalized spacial score (nSPS) is 11.0. The molecule has 2 aromatic carbocycles. The van der Waals surface area contributed by atoms with Crippen molar-refractivity contribution >= 4 is 5.91 Å². The van der Waals surface area contributed by atoms with E-state index in [4.69, 9.17) is 9.84 Å². The van der Waals surface area contributed by atoms with Crippen LogP contribution in [-0.4, -0.2) is 34.9 Å². The highest BCUT2D eigenvalue weighted by Gasteiger charge is 2.22. The fourth-order valence-corrected chi connectivity index (χ4v) is 3.07. The number of carbonyl (C=O) groups is 1. The number of benzene rings is 2. The number of para-hydroxylation sites is 1. The van der Waals surface area contributed by atoms with E-state index in [1.54, 1.807) is 0 Å². The maximum Gasteiger partial charge on any atom is 0.255 e. The minimum atomic E-state index is -0.108. The van der Waals surface area contributed by atoms with E-state index in [-0.39, 0.29) is 12.0 Å². The van der Waals surface area contributed by atoms with Crippen LogP contribution in [-0.2, 0) is 4.74 Å². The molecule has 146 valence electrons. The second-order valence-corrected chi connectivity index (χ2v) is 6.95. The van der Waals surface area contributed by atoms with E-state index < -0.39 is 0 Å². The van der Waals surface area contributed by atoms with Crippen molar-refractivity contribution in [3.8, 4) is 16.9 Å². The van der Waals surface area contributed by atoms with Gasteiger partial charge in [-0.3, -0.25) is 4.79 Å². The number of nitrogens with zero attached hydrogens (tertiary/aromatic N) is 2. The van der Waals surface area contributed by atoms with Crippen molar-refractivity contribution in [3.63, 3.8) is 0 Å². The smallest absolute Gasteiger partial charge is 0.255 e. The Morgan fingerprint density at radius 2 is 1.71 bits per heavy atom. The van der Waals surface area contributed by atoms with Crippen LogP contribution in [0.2, 0.25) is 0 Å². The maximum absolute atomic E-state index is 13.0. The Balaban J connectivity index is 1.88. The maximum atomic E-state index is 13.0. The lowest BCUT2D eigenvalue weighted by Crippen LogP contribution is -2.26. The lowest BCUT2D eigenvalue weighted by molar-refractivity contribution is 0.0757. The summed E-state index contributed by atoms with van der Waals surface area (Å²) in [5.41, 5.74) is 3.98. The minimum Gasteiger partial charge on any atom is -0.379 e. The van der Waals surface area contributed by atoms with Gasteiger partial charge >= 0.3 is 0 Å². The van der Waals surface area contributed by atoms with Gasteiger partial charge in [-0.15, -0.1) is 0 Å². The van der Waals surface area contributed by atoms with Crippen molar-refractivity contribution in [2.24, 2.45) is 0 Å². The van der Waals surface area contributed by atoms with Gasteiger partial charge in [-0.25, -0.2) is 4.68 Å². The Kier molecular flexibility index (Phi) is 6.61. The van der Waals surface area contributed by atoms with E-state index >= 15 is 0 Å². The predicted octanol–water partition coefficient (Wildman–Crippen LogP) is 4.39. The van der Waals surface area contributed by atoms with Crippen molar-refractivity contribution in [3.05, 3.63) is 71.9 Å². The number of carbonyl (C=O) groups excluding carboxylic acids is 1. The van der Waals surface area contributed by atoms with Gasteiger partial charge in [0.05, 0.1) is 23.0 Å². The van der Waals surface area contributed by atoms with Crippen LogP contribution in [0.25, 0.3) is 16.9 Å². The van der Waals surface area contributed by atoms with Gasteiger partial charge in [0.25, 0.3) is 5.91 Å². The first-order valence-electron chi connectivity index (χ1n) is 9.68. The first-order valence-corrected chi connectivity index (χ1v) is 9.68. The molecule has 0 aliphatic heterocycles. The predicted molar refractivity (Wildman–Crippen MR) is 112 cm³/mol. The summed E-state index contributed by atoms with van der Waals surface area (Å²) >= 11 is 0. The van der Waals surface area contributed by atoms with Gasteiger partial charge in [-0.2, -0.15) is 5.10 Å². The third-order valence-corrected chi connectivity index (χ3v) is 4.45. The zero-order valence-electron chi connectivity index (χ0n) is 16.7. The molecule has 0 fully saturated rings. The van der Waals surface area contributed by atoms with Gasteiger partial charge in [0.2, 0.25) is 0 Å². The van der Waals surface area contributed by atoms with Gasteiger partial charge in [-0.05, 0) is 39.3 Å². The summed E-state index contributed by atoms with van der Waals surface area (Å²) in [5, 5.41) is 7.79. The van der Waals surface area contributed by atoms with Crippen LogP contribution in [0, 0.1) is 6.92 Å². The molecule has 0 spiro atoms. The molecule has 5 nitrogen and oxygen atoms in total. The SMILES string of the molecule is Cc1c(C(=O)NCCCOC(C)C)c(-c2ccccc2)nn1-c1ccccc1. The van der Waals surface area contributed by atoms with E-state index in [0.29, 0.717) is 24.4 Å².